The van der Waals surface area contributed by atoms with Gasteiger partial charge in [-0.15, -0.1) is 0 Å². The number of nitrogen functional groups attached to an aromatic ring is 1. The Bertz CT molecular complexity index is 739. The number of rotatable bonds is 3. The number of halogens is 1. The van der Waals surface area contributed by atoms with Crippen LogP contribution in [0.3, 0.4) is 0 Å². The first-order valence-corrected chi connectivity index (χ1v) is 6.61. The third kappa shape index (κ3) is 3.03. The van der Waals surface area contributed by atoms with Crippen molar-refractivity contribution in [2.45, 2.75) is 0 Å². The Morgan fingerprint density at radius 3 is 2.14 bits per heavy atom. The lowest BCUT2D eigenvalue weighted by atomic mass is 10.1. The van der Waals surface area contributed by atoms with Crippen LogP contribution in [0.5, 0.6) is 11.5 Å². The molecule has 0 radical (unpaired) electrons. The van der Waals surface area contributed by atoms with E-state index >= 15 is 0 Å². The SMILES string of the molecule is Nc1ccc(F)cc1Oc1ccc(-c2ccccc2)cc1. The summed E-state index contributed by atoms with van der Waals surface area (Å²) in [6, 6.07) is 21.7. The Balaban J connectivity index is 1.83. The second-order valence-corrected chi connectivity index (χ2v) is 4.67. The van der Waals surface area contributed by atoms with Gasteiger partial charge in [-0.05, 0) is 35.4 Å². The van der Waals surface area contributed by atoms with Crippen molar-refractivity contribution >= 4 is 5.69 Å². The van der Waals surface area contributed by atoms with E-state index in [1.54, 1.807) is 0 Å². The van der Waals surface area contributed by atoms with Gasteiger partial charge in [0.05, 0.1) is 5.69 Å². The van der Waals surface area contributed by atoms with E-state index in [9.17, 15) is 4.39 Å². The largest absolute Gasteiger partial charge is 0.455 e. The van der Waals surface area contributed by atoms with Gasteiger partial charge in [-0.1, -0.05) is 42.5 Å². The fourth-order valence-corrected chi connectivity index (χ4v) is 2.07. The van der Waals surface area contributed by atoms with E-state index < -0.39 is 0 Å². The van der Waals surface area contributed by atoms with Gasteiger partial charge < -0.3 is 10.5 Å². The van der Waals surface area contributed by atoms with Gasteiger partial charge in [0, 0.05) is 6.07 Å². The molecule has 0 aliphatic heterocycles. The van der Waals surface area contributed by atoms with Gasteiger partial charge in [0.25, 0.3) is 0 Å². The fraction of sp³-hybridized carbons (Fsp3) is 0. The number of hydrogen-bond donors (Lipinski definition) is 1. The smallest absolute Gasteiger partial charge is 0.153 e. The first kappa shape index (κ1) is 13.2. The van der Waals surface area contributed by atoms with Crippen LogP contribution in [0.25, 0.3) is 11.1 Å². The summed E-state index contributed by atoms with van der Waals surface area (Å²) < 4.78 is 18.8. The zero-order chi connectivity index (χ0) is 14.7. The minimum atomic E-state index is -0.375. The normalized spacial score (nSPS) is 10.3. The number of hydrogen-bond acceptors (Lipinski definition) is 2. The Kier molecular flexibility index (Phi) is 3.56. The first-order valence-electron chi connectivity index (χ1n) is 6.61. The van der Waals surface area contributed by atoms with Crippen molar-refractivity contribution in [1.29, 1.82) is 0 Å². The molecule has 3 rings (SSSR count). The molecule has 21 heavy (non-hydrogen) atoms. The van der Waals surface area contributed by atoms with Crippen molar-refractivity contribution in [1.82, 2.24) is 0 Å². The second kappa shape index (κ2) is 5.67. The van der Waals surface area contributed by atoms with Crippen LogP contribution < -0.4 is 10.5 Å². The second-order valence-electron chi connectivity index (χ2n) is 4.67. The summed E-state index contributed by atoms with van der Waals surface area (Å²) in [5.74, 6) is 0.564. The van der Waals surface area contributed by atoms with E-state index in [0.717, 1.165) is 11.1 Å². The number of benzene rings is 3. The number of nitrogens with two attached hydrogens (primary N) is 1. The van der Waals surface area contributed by atoms with E-state index in [4.69, 9.17) is 10.5 Å². The molecule has 0 spiro atoms. The third-order valence-corrected chi connectivity index (χ3v) is 3.16. The summed E-state index contributed by atoms with van der Waals surface area (Å²) in [7, 11) is 0. The van der Waals surface area contributed by atoms with Crippen LogP contribution in [0.15, 0.2) is 72.8 Å². The molecule has 0 saturated heterocycles. The van der Waals surface area contributed by atoms with Gasteiger partial charge in [-0.2, -0.15) is 0 Å². The molecule has 0 atom stereocenters. The lowest BCUT2D eigenvalue weighted by molar-refractivity contribution is 0.479. The molecular weight excluding hydrogens is 265 g/mol. The number of ether oxygens (including phenoxy) is 1. The highest BCUT2D eigenvalue weighted by atomic mass is 19.1. The standard InChI is InChI=1S/C18H14FNO/c19-15-8-11-17(20)18(12-15)21-16-9-6-14(7-10-16)13-4-2-1-3-5-13/h1-12H,20H2. The average molecular weight is 279 g/mol. The summed E-state index contributed by atoms with van der Waals surface area (Å²) in [6.07, 6.45) is 0. The molecule has 0 aliphatic carbocycles. The molecular formula is C18H14FNO. The predicted molar refractivity (Wildman–Crippen MR) is 82.8 cm³/mol. The minimum absolute atomic E-state index is 0.322. The molecule has 3 heteroatoms. The van der Waals surface area contributed by atoms with Gasteiger partial charge in [0.1, 0.15) is 11.6 Å². The first-order chi connectivity index (χ1) is 10.2. The van der Waals surface area contributed by atoms with Crippen LogP contribution >= 0.6 is 0 Å². The molecule has 0 heterocycles. The fourth-order valence-electron chi connectivity index (χ4n) is 2.07. The van der Waals surface area contributed by atoms with Crippen LogP contribution in [0.2, 0.25) is 0 Å². The molecule has 0 saturated carbocycles. The average Bonchev–Trinajstić information content (AvgIpc) is 2.53. The molecule has 2 nitrogen and oxygen atoms in total. The van der Waals surface area contributed by atoms with Crippen molar-refractivity contribution in [2.75, 3.05) is 5.73 Å². The van der Waals surface area contributed by atoms with E-state index in [1.807, 2.05) is 54.6 Å². The molecule has 104 valence electrons. The Hall–Kier alpha value is -2.81. The monoisotopic (exact) mass is 279 g/mol. The highest BCUT2D eigenvalue weighted by Gasteiger charge is 2.04. The maximum atomic E-state index is 13.2. The van der Waals surface area contributed by atoms with Crippen molar-refractivity contribution in [2.24, 2.45) is 0 Å². The summed E-state index contributed by atoms with van der Waals surface area (Å²) in [6.45, 7) is 0. The molecule has 0 bridgehead atoms. The maximum Gasteiger partial charge on any atom is 0.153 e. The van der Waals surface area contributed by atoms with Crippen molar-refractivity contribution in [3.05, 3.63) is 78.6 Å². The van der Waals surface area contributed by atoms with Crippen LogP contribution in [0.4, 0.5) is 10.1 Å². The zero-order valence-corrected chi connectivity index (χ0v) is 11.3. The molecule has 2 N–H and O–H groups in total. The van der Waals surface area contributed by atoms with Gasteiger partial charge >= 0.3 is 0 Å². The minimum Gasteiger partial charge on any atom is -0.455 e. The lowest BCUT2D eigenvalue weighted by Gasteiger charge is -2.09. The summed E-state index contributed by atoms with van der Waals surface area (Å²) in [4.78, 5) is 0. The van der Waals surface area contributed by atoms with Crippen molar-refractivity contribution < 1.29 is 9.13 Å². The van der Waals surface area contributed by atoms with Crippen LogP contribution in [0.1, 0.15) is 0 Å². The Morgan fingerprint density at radius 1 is 0.762 bits per heavy atom. The van der Waals surface area contributed by atoms with E-state index in [1.165, 1.54) is 18.2 Å². The molecule has 0 unspecified atom stereocenters. The predicted octanol–water partition coefficient (Wildman–Crippen LogP) is 4.87. The summed E-state index contributed by atoms with van der Waals surface area (Å²) in [5, 5.41) is 0. The molecule has 0 aromatic heterocycles. The summed E-state index contributed by atoms with van der Waals surface area (Å²) in [5.41, 5.74) is 8.40. The Labute approximate surface area is 122 Å². The molecule has 0 amide bonds. The van der Waals surface area contributed by atoms with Crippen LogP contribution in [0, 0.1) is 5.82 Å². The van der Waals surface area contributed by atoms with E-state index in [0.29, 0.717) is 17.2 Å². The van der Waals surface area contributed by atoms with E-state index in [2.05, 4.69) is 0 Å². The van der Waals surface area contributed by atoms with Gasteiger partial charge in [0.15, 0.2) is 5.75 Å². The van der Waals surface area contributed by atoms with Gasteiger partial charge in [-0.3, -0.25) is 0 Å². The molecule has 0 fully saturated rings. The quantitative estimate of drug-likeness (QED) is 0.694. The van der Waals surface area contributed by atoms with Gasteiger partial charge in [-0.25, -0.2) is 4.39 Å². The molecule has 3 aromatic rings. The molecule has 0 aliphatic rings. The van der Waals surface area contributed by atoms with Crippen molar-refractivity contribution in [3.8, 4) is 22.6 Å². The summed E-state index contributed by atoms with van der Waals surface area (Å²) >= 11 is 0. The maximum absolute atomic E-state index is 13.2. The van der Waals surface area contributed by atoms with E-state index in [-0.39, 0.29) is 5.82 Å². The third-order valence-electron chi connectivity index (χ3n) is 3.16. The highest BCUT2D eigenvalue weighted by Crippen LogP contribution is 2.29. The highest BCUT2D eigenvalue weighted by molar-refractivity contribution is 5.64. The topological polar surface area (TPSA) is 35.2 Å². The van der Waals surface area contributed by atoms with Gasteiger partial charge in [0.2, 0.25) is 0 Å². The zero-order valence-electron chi connectivity index (χ0n) is 11.3. The van der Waals surface area contributed by atoms with Crippen LogP contribution in [-0.4, -0.2) is 0 Å². The Morgan fingerprint density at radius 2 is 1.43 bits per heavy atom. The molecule has 3 aromatic carbocycles. The lowest BCUT2D eigenvalue weighted by Crippen LogP contribution is -1.92. The van der Waals surface area contributed by atoms with Crippen LogP contribution in [-0.2, 0) is 0 Å². The van der Waals surface area contributed by atoms with Crippen molar-refractivity contribution in [3.63, 3.8) is 0 Å². The number of anilines is 1.